The molecule has 130 valence electrons. The third-order valence-electron chi connectivity index (χ3n) is 6.90. The van der Waals surface area contributed by atoms with Crippen LogP contribution in [-0.2, 0) is 15.6 Å². The van der Waals surface area contributed by atoms with E-state index in [0.29, 0.717) is 11.7 Å². The van der Waals surface area contributed by atoms with Crippen LogP contribution in [0.3, 0.4) is 0 Å². The monoisotopic (exact) mass is 336 g/mol. The molecule has 0 aromatic carbocycles. The van der Waals surface area contributed by atoms with Gasteiger partial charge in [-0.05, 0) is 70.6 Å². The molecule has 0 N–H and O–H groups in total. The molecule has 0 aromatic rings. The topological polar surface area (TPSA) is 34.1 Å². The first-order chi connectivity index (χ1) is 10.6. The minimum absolute atomic E-state index is 0.000382. The van der Waals surface area contributed by atoms with Crippen LogP contribution in [0.15, 0.2) is 11.6 Å². The van der Waals surface area contributed by atoms with E-state index in [1.54, 1.807) is 0 Å². The lowest BCUT2D eigenvalue weighted by Crippen LogP contribution is -2.57. The zero-order chi connectivity index (χ0) is 17.0. The van der Waals surface area contributed by atoms with Crippen molar-refractivity contribution in [2.24, 2.45) is 17.3 Å². The fourth-order valence-corrected chi connectivity index (χ4v) is 8.12. The molecule has 3 rings (SSSR count). The van der Waals surface area contributed by atoms with Gasteiger partial charge >= 0.3 is 0 Å². The van der Waals surface area contributed by atoms with Gasteiger partial charge in [-0.15, -0.1) is 0 Å². The molecular weight excluding hydrogens is 304 g/mol. The van der Waals surface area contributed by atoms with Crippen LogP contribution < -0.4 is 0 Å². The van der Waals surface area contributed by atoms with Crippen molar-refractivity contribution >= 4 is 16.6 Å². The Morgan fingerprint density at radius 2 is 2.00 bits per heavy atom. The zero-order valence-corrected chi connectivity index (χ0v) is 16.2. The molecule has 2 fully saturated rings. The highest BCUT2D eigenvalue weighted by molar-refractivity contribution is 7.89. The number of hydrogen-bond donors (Lipinski definition) is 0. The summed E-state index contributed by atoms with van der Waals surface area (Å²) in [6.45, 7) is 11.1. The van der Waals surface area contributed by atoms with Gasteiger partial charge in [-0.3, -0.25) is 9.00 Å². The van der Waals surface area contributed by atoms with Crippen molar-refractivity contribution in [3.63, 3.8) is 0 Å². The molecule has 1 heterocycles. The maximum Gasteiger partial charge on any atom is 0.137 e. The Hall–Kier alpha value is -0.440. The van der Waals surface area contributed by atoms with Crippen molar-refractivity contribution in [1.82, 2.24) is 0 Å². The number of carbonyl (C=O) groups is 1. The molecule has 23 heavy (non-hydrogen) atoms. The summed E-state index contributed by atoms with van der Waals surface area (Å²) in [5, 5.41) is 0. The summed E-state index contributed by atoms with van der Waals surface area (Å²) in [7, 11) is -0.721. The minimum Gasteiger partial charge on any atom is -0.299 e. The van der Waals surface area contributed by atoms with E-state index in [2.05, 4.69) is 40.7 Å². The van der Waals surface area contributed by atoms with E-state index >= 15 is 0 Å². The van der Waals surface area contributed by atoms with Crippen molar-refractivity contribution in [2.45, 2.75) is 89.1 Å². The predicted molar refractivity (Wildman–Crippen MR) is 96.8 cm³/mol. The van der Waals surface area contributed by atoms with Gasteiger partial charge in [0.05, 0.1) is 0 Å². The summed E-state index contributed by atoms with van der Waals surface area (Å²) in [6, 6.07) is 0. The van der Waals surface area contributed by atoms with Gasteiger partial charge in [0.2, 0.25) is 0 Å². The molecule has 0 aromatic heterocycles. The van der Waals surface area contributed by atoms with Crippen molar-refractivity contribution in [3.8, 4) is 0 Å². The Bertz CT molecular complexity index is 576. The van der Waals surface area contributed by atoms with Crippen molar-refractivity contribution in [3.05, 3.63) is 11.6 Å². The maximum absolute atomic E-state index is 12.5. The van der Waals surface area contributed by atoms with E-state index in [-0.39, 0.29) is 20.8 Å². The average molecular weight is 337 g/mol. The number of Topliss-reactive ketones (excluding diaryl/α,β-unsaturated/α-hetero) is 1. The fourth-order valence-electron chi connectivity index (χ4n) is 5.79. The van der Waals surface area contributed by atoms with Gasteiger partial charge in [0.1, 0.15) is 5.78 Å². The third kappa shape index (κ3) is 2.67. The number of allylic oxidation sites excluding steroid dienone is 2. The molecule has 1 saturated heterocycles. The van der Waals surface area contributed by atoms with Crippen LogP contribution in [0.4, 0.5) is 0 Å². The quantitative estimate of drug-likeness (QED) is 0.691. The Labute approximate surface area is 144 Å². The van der Waals surface area contributed by atoms with Crippen LogP contribution in [0, 0.1) is 17.3 Å². The van der Waals surface area contributed by atoms with E-state index in [1.165, 1.54) is 5.57 Å². The van der Waals surface area contributed by atoms with Gasteiger partial charge in [0, 0.05) is 32.6 Å². The number of fused-ring (bicyclic) bond motifs is 1. The predicted octanol–water partition coefficient (Wildman–Crippen LogP) is 4.80. The van der Waals surface area contributed by atoms with Crippen LogP contribution in [0.2, 0.25) is 0 Å². The van der Waals surface area contributed by atoms with E-state index in [4.69, 9.17) is 0 Å². The summed E-state index contributed by atoms with van der Waals surface area (Å²) in [5.74, 6) is 1.22. The lowest BCUT2D eigenvalue weighted by atomic mass is 9.63. The Kier molecular flexibility index (Phi) is 4.19. The van der Waals surface area contributed by atoms with Gasteiger partial charge in [0.25, 0.3) is 0 Å². The van der Waals surface area contributed by atoms with Crippen LogP contribution in [0.5, 0.6) is 0 Å². The molecule has 2 unspecified atom stereocenters. The summed E-state index contributed by atoms with van der Waals surface area (Å²) in [4.78, 5) is 12.3. The highest BCUT2D eigenvalue weighted by Crippen LogP contribution is 2.55. The number of rotatable bonds is 4. The summed E-state index contributed by atoms with van der Waals surface area (Å²) in [6.07, 6.45) is 9.50. The van der Waals surface area contributed by atoms with E-state index in [0.717, 1.165) is 44.9 Å². The van der Waals surface area contributed by atoms with Crippen LogP contribution >= 0.6 is 0 Å². The second kappa shape index (κ2) is 5.54. The highest BCUT2D eigenvalue weighted by atomic mass is 32.2. The standard InChI is InChI=1S/C20H32O2S/c1-14(10-12-19(4)13-18(2,3)23(19)22)15-8-9-16-17(21)7-6-11-20(15,16)5/h8,14,16H,6-7,9-13H2,1-5H3/t14-,16+,19?,20-,23?/m1/s1. The van der Waals surface area contributed by atoms with Gasteiger partial charge < -0.3 is 0 Å². The zero-order valence-electron chi connectivity index (χ0n) is 15.4. The first-order valence-electron chi connectivity index (χ1n) is 9.25. The van der Waals surface area contributed by atoms with E-state index < -0.39 is 10.8 Å². The molecule has 5 atom stereocenters. The minimum atomic E-state index is -0.721. The second-order valence-electron chi connectivity index (χ2n) is 9.28. The van der Waals surface area contributed by atoms with Gasteiger partial charge in [-0.1, -0.05) is 25.5 Å². The second-order valence-corrected chi connectivity index (χ2v) is 11.9. The number of hydrogen-bond acceptors (Lipinski definition) is 2. The van der Waals surface area contributed by atoms with E-state index in [1.807, 2.05) is 0 Å². The van der Waals surface area contributed by atoms with Crippen LogP contribution in [-0.4, -0.2) is 19.5 Å². The lowest BCUT2D eigenvalue weighted by Gasteiger charge is -2.50. The molecule has 2 aliphatic carbocycles. The molecule has 2 nitrogen and oxygen atoms in total. The smallest absolute Gasteiger partial charge is 0.137 e. The molecule has 0 radical (unpaired) electrons. The molecule has 3 aliphatic rings. The molecule has 3 heteroatoms. The Morgan fingerprint density at radius 3 is 2.61 bits per heavy atom. The SMILES string of the molecule is C[C@H](CCC1(C)CC(C)(C)S1=O)C1=CC[C@H]2C(=O)CCC[C@]12C. The maximum atomic E-state index is 12.5. The summed E-state index contributed by atoms with van der Waals surface area (Å²) in [5.41, 5.74) is 1.62. The fraction of sp³-hybridized carbons (Fsp3) is 0.850. The molecule has 1 saturated carbocycles. The highest BCUT2D eigenvalue weighted by Gasteiger charge is 2.54. The molecular formula is C20H32O2S. The first kappa shape index (κ1) is 17.4. The third-order valence-corrected chi connectivity index (χ3v) is 9.29. The molecule has 0 amide bonds. The van der Waals surface area contributed by atoms with Crippen molar-refractivity contribution < 1.29 is 9.00 Å². The first-order valence-corrected chi connectivity index (χ1v) is 10.4. The van der Waals surface area contributed by atoms with Crippen LogP contribution in [0.25, 0.3) is 0 Å². The largest absolute Gasteiger partial charge is 0.299 e. The average Bonchev–Trinajstić information content (AvgIpc) is 2.82. The normalized spacial score (nSPS) is 43.5. The molecule has 0 bridgehead atoms. The number of carbonyl (C=O) groups excluding carboxylic acids is 1. The molecule has 1 aliphatic heterocycles. The Morgan fingerprint density at radius 1 is 1.30 bits per heavy atom. The van der Waals surface area contributed by atoms with Crippen LogP contribution in [0.1, 0.15) is 79.6 Å². The van der Waals surface area contributed by atoms with Gasteiger partial charge in [0.15, 0.2) is 0 Å². The van der Waals surface area contributed by atoms with Gasteiger partial charge in [-0.25, -0.2) is 0 Å². The Balaban J connectivity index is 1.65. The van der Waals surface area contributed by atoms with Crippen molar-refractivity contribution in [1.29, 1.82) is 0 Å². The summed E-state index contributed by atoms with van der Waals surface area (Å²) >= 11 is 0. The number of ketones is 1. The van der Waals surface area contributed by atoms with Gasteiger partial charge in [-0.2, -0.15) is 0 Å². The van der Waals surface area contributed by atoms with Crippen molar-refractivity contribution in [2.75, 3.05) is 0 Å². The summed E-state index contributed by atoms with van der Waals surface area (Å²) < 4.78 is 12.5. The lowest BCUT2D eigenvalue weighted by molar-refractivity contribution is -0.128. The van der Waals surface area contributed by atoms with E-state index in [9.17, 15) is 9.00 Å². The molecule has 0 spiro atoms.